The van der Waals surface area contributed by atoms with Crippen molar-refractivity contribution >= 4 is 9.84 Å². The second kappa shape index (κ2) is 6.69. The summed E-state index contributed by atoms with van der Waals surface area (Å²) in [6.07, 6.45) is 2.63. The maximum Gasteiger partial charge on any atom is 0.225 e. The normalized spacial score (nSPS) is 11.6. The zero-order valence-electron chi connectivity index (χ0n) is 13.1. The standard InChI is InChI=1S/C16H14F2N4O2S/c1-19-9-12-8-16(25(23,24)13-3-2-6-20-10-13)22(21-12)15-7-11(17)4-5-14(15)18/h2-8,10,19H,9H2,1H3. The highest BCUT2D eigenvalue weighted by atomic mass is 32.2. The summed E-state index contributed by atoms with van der Waals surface area (Å²) >= 11 is 0. The van der Waals surface area contributed by atoms with E-state index >= 15 is 0 Å². The van der Waals surface area contributed by atoms with Crippen LogP contribution in [0.15, 0.2) is 58.7 Å². The average Bonchev–Trinajstić information content (AvgIpc) is 3.03. The Kier molecular flexibility index (Phi) is 4.60. The van der Waals surface area contributed by atoms with Crippen LogP contribution in [0.4, 0.5) is 8.78 Å². The lowest BCUT2D eigenvalue weighted by molar-refractivity contribution is 0.566. The Hall–Kier alpha value is -2.65. The van der Waals surface area contributed by atoms with E-state index < -0.39 is 21.5 Å². The number of halogens is 2. The van der Waals surface area contributed by atoms with Crippen molar-refractivity contribution in [3.63, 3.8) is 0 Å². The number of hydrogen-bond acceptors (Lipinski definition) is 5. The molecule has 0 aliphatic heterocycles. The van der Waals surface area contributed by atoms with Gasteiger partial charge in [0.25, 0.3) is 0 Å². The van der Waals surface area contributed by atoms with Crippen LogP contribution in [0.25, 0.3) is 5.69 Å². The fourth-order valence-electron chi connectivity index (χ4n) is 2.32. The zero-order valence-corrected chi connectivity index (χ0v) is 14.0. The molecule has 0 amide bonds. The van der Waals surface area contributed by atoms with Crippen LogP contribution >= 0.6 is 0 Å². The maximum absolute atomic E-state index is 14.2. The van der Waals surface area contributed by atoms with Crippen molar-refractivity contribution in [2.45, 2.75) is 16.5 Å². The van der Waals surface area contributed by atoms with Crippen molar-refractivity contribution in [3.05, 3.63) is 66.1 Å². The molecule has 2 aromatic heterocycles. The monoisotopic (exact) mass is 364 g/mol. The van der Waals surface area contributed by atoms with Crippen molar-refractivity contribution in [2.75, 3.05) is 7.05 Å². The summed E-state index contributed by atoms with van der Waals surface area (Å²) in [6, 6.07) is 6.94. The van der Waals surface area contributed by atoms with Gasteiger partial charge in [-0.25, -0.2) is 21.9 Å². The summed E-state index contributed by atoms with van der Waals surface area (Å²) in [5.74, 6) is -1.49. The van der Waals surface area contributed by atoms with E-state index in [4.69, 9.17) is 0 Å². The molecule has 0 saturated heterocycles. The van der Waals surface area contributed by atoms with Crippen LogP contribution in [0.3, 0.4) is 0 Å². The van der Waals surface area contributed by atoms with Gasteiger partial charge in [0.05, 0.1) is 10.6 Å². The summed E-state index contributed by atoms with van der Waals surface area (Å²) in [7, 11) is -2.36. The molecule has 0 bridgehead atoms. The number of nitrogens with one attached hydrogen (secondary N) is 1. The molecular weight excluding hydrogens is 350 g/mol. The quantitative estimate of drug-likeness (QED) is 0.750. The highest BCUT2D eigenvalue weighted by Crippen LogP contribution is 2.25. The van der Waals surface area contributed by atoms with E-state index in [0.717, 1.165) is 22.9 Å². The Balaban J connectivity index is 2.25. The van der Waals surface area contributed by atoms with Crippen LogP contribution in [0.2, 0.25) is 0 Å². The molecule has 1 N–H and O–H groups in total. The molecule has 1 aromatic carbocycles. The molecule has 0 radical (unpaired) electrons. The number of hydrogen-bond donors (Lipinski definition) is 1. The summed E-state index contributed by atoms with van der Waals surface area (Å²) in [5.41, 5.74) is 0.0819. The first-order chi connectivity index (χ1) is 11.9. The molecule has 25 heavy (non-hydrogen) atoms. The van der Waals surface area contributed by atoms with Crippen LogP contribution in [-0.4, -0.2) is 30.2 Å². The van der Waals surface area contributed by atoms with Crippen molar-refractivity contribution in [1.82, 2.24) is 20.1 Å². The van der Waals surface area contributed by atoms with Gasteiger partial charge in [-0.15, -0.1) is 0 Å². The van der Waals surface area contributed by atoms with Crippen LogP contribution in [-0.2, 0) is 16.4 Å². The molecule has 2 heterocycles. The zero-order chi connectivity index (χ0) is 18.0. The Morgan fingerprint density at radius 1 is 1.20 bits per heavy atom. The lowest BCUT2D eigenvalue weighted by Gasteiger charge is -2.09. The lowest BCUT2D eigenvalue weighted by atomic mass is 10.3. The van der Waals surface area contributed by atoms with Crippen molar-refractivity contribution in [1.29, 1.82) is 0 Å². The number of sulfone groups is 1. The third-order valence-corrected chi connectivity index (χ3v) is 5.15. The predicted octanol–water partition coefficient (Wildman–Crippen LogP) is 2.10. The summed E-state index contributed by atoms with van der Waals surface area (Å²) in [5, 5.41) is 6.69. The van der Waals surface area contributed by atoms with Crippen molar-refractivity contribution in [2.24, 2.45) is 0 Å². The van der Waals surface area contributed by atoms with E-state index in [-0.39, 0.29) is 22.2 Å². The first-order valence-corrected chi connectivity index (χ1v) is 8.76. The van der Waals surface area contributed by atoms with Gasteiger partial charge in [0, 0.05) is 31.1 Å². The number of benzene rings is 1. The van der Waals surface area contributed by atoms with E-state index in [2.05, 4.69) is 15.4 Å². The molecule has 130 valence electrons. The van der Waals surface area contributed by atoms with Crippen LogP contribution in [0, 0.1) is 11.6 Å². The number of aromatic nitrogens is 3. The number of pyridine rings is 1. The van der Waals surface area contributed by atoms with Crippen LogP contribution in [0.1, 0.15) is 5.69 Å². The van der Waals surface area contributed by atoms with E-state index in [1.165, 1.54) is 30.6 Å². The molecule has 0 aliphatic carbocycles. The predicted molar refractivity (Wildman–Crippen MR) is 85.9 cm³/mol. The van der Waals surface area contributed by atoms with E-state index in [1.54, 1.807) is 7.05 Å². The minimum Gasteiger partial charge on any atom is -0.314 e. The largest absolute Gasteiger partial charge is 0.314 e. The van der Waals surface area contributed by atoms with Gasteiger partial charge in [-0.05, 0) is 31.3 Å². The molecule has 0 fully saturated rings. The minimum atomic E-state index is -4.02. The molecular formula is C16H14F2N4O2S. The molecule has 0 aliphatic rings. The molecule has 6 nitrogen and oxygen atoms in total. The SMILES string of the molecule is CNCc1cc(S(=O)(=O)c2cccnc2)n(-c2cc(F)ccc2F)n1. The Labute approximate surface area is 143 Å². The maximum atomic E-state index is 14.2. The topological polar surface area (TPSA) is 76.9 Å². The lowest BCUT2D eigenvalue weighted by Crippen LogP contribution is -2.12. The second-order valence-corrected chi connectivity index (χ2v) is 7.10. The third kappa shape index (κ3) is 3.28. The Morgan fingerprint density at radius 3 is 2.68 bits per heavy atom. The number of nitrogens with zero attached hydrogens (tertiary/aromatic N) is 3. The molecule has 0 atom stereocenters. The summed E-state index contributed by atoms with van der Waals surface area (Å²) in [4.78, 5) is 3.73. The fraction of sp³-hybridized carbons (Fsp3) is 0.125. The Bertz CT molecular complexity index is 1000. The molecule has 0 spiro atoms. The molecule has 3 rings (SSSR count). The van der Waals surface area contributed by atoms with Gasteiger partial charge in [-0.3, -0.25) is 4.98 Å². The van der Waals surface area contributed by atoms with Gasteiger partial charge in [-0.1, -0.05) is 0 Å². The molecule has 3 aromatic rings. The van der Waals surface area contributed by atoms with Gasteiger partial charge in [0.1, 0.15) is 17.3 Å². The second-order valence-electron chi connectivity index (χ2n) is 5.20. The van der Waals surface area contributed by atoms with Gasteiger partial charge < -0.3 is 5.32 Å². The Morgan fingerprint density at radius 2 is 2.00 bits per heavy atom. The highest BCUT2D eigenvalue weighted by Gasteiger charge is 2.26. The van der Waals surface area contributed by atoms with Gasteiger partial charge in [-0.2, -0.15) is 5.10 Å². The summed E-state index contributed by atoms with van der Waals surface area (Å²) < 4.78 is 54.4. The minimum absolute atomic E-state index is 0.0658. The van der Waals surface area contributed by atoms with Gasteiger partial charge >= 0.3 is 0 Å². The van der Waals surface area contributed by atoms with E-state index in [1.807, 2.05) is 0 Å². The van der Waals surface area contributed by atoms with Crippen LogP contribution < -0.4 is 5.32 Å². The smallest absolute Gasteiger partial charge is 0.225 e. The summed E-state index contributed by atoms with van der Waals surface area (Å²) in [6.45, 7) is 0.263. The molecule has 0 saturated carbocycles. The van der Waals surface area contributed by atoms with Crippen LogP contribution in [0.5, 0.6) is 0 Å². The average molecular weight is 364 g/mol. The number of rotatable bonds is 5. The highest BCUT2D eigenvalue weighted by molar-refractivity contribution is 7.91. The van der Waals surface area contributed by atoms with Gasteiger partial charge in [0.15, 0.2) is 5.03 Å². The third-order valence-electron chi connectivity index (χ3n) is 3.44. The van der Waals surface area contributed by atoms with Crippen molar-refractivity contribution < 1.29 is 17.2 Å². The van der Waals surface area contributed by atoms with E-state index in [0.29, 0.717) is 5.69 Å². The first-order valence-electron chi connectivity index (χ1n) is 7.27. The first kappa shape index (κ1) is 17.2. The molecule has 0 unspecified atom stereocenters. The van der Waals surface area contributed by atoms with E-state index in [9.17, 15) is 17.2 Å². The van der Waals surface area contributed by atoms with Crippen molar-refractivity contribution in [3.8, 4) is 5.69 Å². The van der Waals surface area contributed by atoms with Gasteiger partial charge in [0.2, 0.25) is 9.84 Å². The molecule has 9 heteroatoms. The fourth-order valence-corrected chi connectivity index (χ4v) is 3.67.